The molecule has 0 aromatic heterocycles. The normalized spacial score (nSPS) is 21.9. The SMILES string of the molecule is CP(=O)(c1ccccc1)C1CCC1. The van der Waals surface area contributed by atoms with Crippen molar-refractivity contribution in [3.05, 3.63) is 30.3 Å². The van der Waals surface area contributed by atoms with E-state index in [1.54, 1.807) is 0 Å². The van der Waals surface area contributed by atoms with Crippen LogP contribution in [0.25, 0.3) is 0 Å². The minimum Gasteiger partial charge on any atom is -0.319 e. The van der Waals surface area contributed by atoms with Gasteiger partial charge in [-0.15, -0.1) is 0 Å². The fourth-order valence-corrected chi connectivity index (χ4v) is 4.35. The van der Waals surface area contributed by atoms with Crippen molar-refractivity contribution in [1.82, 2.24) is 0 Å². The van der Waals surface area contributed by atoms with Gasteiger partial charge in [0, 0.05) is 11.0 Å². The molecule has 13 heavy (non-hydrogen) atoms. The minimum absolute atomic E-state index is 0.468. The standard InChI is InChI=1S/C11H15OP/c1-13(12,11-8-5-9-11)10-6-3-2-4-7-10/h2-4,6-7,11H,5,8-9H2,1H3. The molecule has 1 unspecified atom stereocenters. The molecule has 70 valence electrons. The van der Waals surface area contributed by atoms with Crippen LogP contribution in [-0.4, -0.2) is 12.3 Å². The zero-order chi connectivity index (χ0) is 9.31. The first-order valence-corrected chi connectivity index (χ1v) is 7.06. The lowest BCUT2D eigenvalue weighted by Crippen LogP contribution is -2.23. The largest absolute Gasteiger partial charge is 0.319 e. The monoisotopic (exact) mass is 194 g/mol. The average molecular weight is 194 g/mol. The van der Waals surface area contributed by atoms with Gasteiger partial charge >= 0.3 is 0 Å². The summed E-state index contributed by atoms with van der Waals surface area (Å²) in [4.78, 5) is 0. The Morgan fingerprint density at radius 1 is 1.23 bits per heavy atom. The Balaban J connectivity index is 2.29. The summed E-state index contributed by atoms with van der Waals surface area (Å²) in [6, 6.07) is 9.93. The number of rotatable bonds is 2. The Morgan fingerprint density at radius 3 is 2.31 bits per heavy atom. The molecule has 1 saturated carbocycles. The molecule has 2 rings (SSSR count). The van der Waals surface area contributed by atoms with Gasteiger partial charge in [0.2, 0.25) is 0 Å². The maximum atomic E-state index is 12.4. The Kier molecular flexibility index (Phi) is 2.29. The van der Waals surface area contributed by atoms with Crippen molar-refractivity contribution in [2.24, 2.45) is 0 Å². The second-order valence-corrected chi connectivity index (χ2v) is 7.14. The molecule has 0 bridgehead atoms. The molecular weight excluding hydrogens is 179 g/mol. The van der Waals surface area contributed by atoms with E-state index in [-0.39, 0.29) is 0 Å². The van der Waals surface area contributed by atoms with Crippen LogP contribution >= 0.6 is 7.14 Å². The lowest BCUT2D eigenvalue weighted by atomic mass is 10.00. The van der Waals surface area contributed by atoms with E-state index < -0.39 is 7.14 Å². The molecular formula is C11H15OP. The van der Waals surface area contributed by atoms with Gasteiger partial charge in [0.1, 0.15) is 7.14 Å². The summed E-state index contributed by atoms with van der Waals surface area (Å²) in [5, 5.41) is 1.06. The fraction of sp³-hybridized carbons (Fsp3) is 0.455. The van der Waals surface area contributed by atoms with Crippen molar-refractivity contribution in [3.8, 4) is 0 Å². The number of hydrogen-bond acceptors (Lipinski definition) is 1. The molecule has 1 fully saturated rings. The third kappa shape index (κ3) is 1.58. The smallest absolute Gasteiger partial charge is 0.115 e. The van der Waals surface area contributed by atoms with Crippen molar-refractivity contribution in [2.45, 2.75) is 24.9 Å². The Hall–Kier alpha value is -0.550. The summed E-state index contributed by atoms with van der Waals surface area (Å²) in [5.41, 5.74) is 0.468. The second-order valence-electron chi connectivity index (χ2n) is 3.91. The molecule has 2 heteroatoms. The van der Waals surface area contributed by atoms with Gasteiger partial charge in [-0.2, -0.15) is 0 Å². The highest BCUT2D eigenvalue weighted by molar-refractivity contribution is 7.71. The highest BCUT2D eigenvalue weighted by Gasteiger charge is 2.33. The zero-order valence-corrected chi connectivity index (χ0v) is 8.84. The predicted octanol–water partition coefficient (Wildman–Crippen LogP) is 2.86. The van der Waals surface area contributed by atoms with Gasteiger partial charge in [-0.3, -0.25) is 0 Å². The van der Waals surface area contributed by atoms with Gasteiger partial charge in [0.05, 0.1) is 0 Å². The first kappa shape index (κ1) is 9.02. The number of hydrogen-bond donors (Lipinski definition) is 0. The topological polar surface area (TPSA) is 17.1 Å². The van der Waals surface area contributed by atoms with E-state index in [9.17, 15) is 4.57 Å². The van der Waals surface area contributed by atoms with E-state index >= 15 is 0 Å². The molecule has 1 aromatic carbocycles. The van der Waals surface area contributed by atoms with Crippen LogP contribution in [0.2, 0.25) is 0 Å². The molecule has 0 saturated heterocycles. The summed E-state index contributed by atoms with van der Waals surface area (Å²) in [7, 11) is -2.05. The van der Waals surface area contributed by atoms with Crippen LogP contribution in [0.4, 0.5) is 0 Å². The third-order valence-electron chi connectivity index (χ3n) is 3.04. The molecule has 0 aliphatic heterocycles. The van der Waals surface area contributed by atoms with E-state index in [1.807, 2.05) is 37.0 Å². The Morgan fingerprint density at radius 2 is 1.85 bits per heavy atom. The van der Waals surface area contributed by atoms with Crippen LogP contribution < -0.4 is 5.30 Å². The number of benzene rings is 1. The molecule has 1 aromatic rings. The zero-order valence-electron chi connectivity index (χ0n) is 7.94. The minimum atomic E-state index is -2.05. The van der Waals surface area contributed by atoms with Gasteiger partial charge in [0.25, 0.3) is 0 Å². The average Bonchev–Trinajstić information content (AvgIpc) is 2.02. The summed E-state index contributed by atoms with van der Waals surface area (Å²) < 4.78 is 12.4. The van der Waals surface area contributed by atoms with E-state index in [4.69, 9.17) is 0 Å². The lowest BCUT2D eigenvalue weighted by Gasteiger charge is -2.31. The highest BCUT2D eigenvalue weighted by Crippen LogP contribution is 2.53. The van der Waals surface area contributed by atoms with Gasteiger partial charge in [-0.05, 0) is 19.5 Å². The van der Waals surface area contributed by atoms with Crippen molar-refractivity contribution in [3.63, 3.8) is 0 Å². The quantitative estimate of drug-likeness (QED) is 0.661. The maximum absolute atomic E-state index is 12.4. The molecule has 0 spiro atoms. The first-order chi connectivity index (χ1) is 6.21. The van der Waals surface area contributed by atoms with Crippen molar-refractivity contribution in [1.29, 1.82) is 0 Å². The highest BCUT2D eigenvalue weighted by atomic mass is 31.2. The van der Waals surface area contributed by atoms with Gasteiger partial charge in [0.15, 0.2) is 0 Å². The molecule has 1 aliphatic carbocycles. The van der Waals surface area contributed by atoms with Crippen LogP contribution in [0.5, 0.6) is 0 Å². The van der Waals surface area contributed by atoms with Crippen LogP contribution in [0, 0.1) is 0 Å². The van der Waals surface area contributed by atoms with Gasteiger partial charge < -0.3 is 4.57 Å². The first-order valence-electron chi connectivity index (χ1n) is 4.84. The van der Waals surface area contributed by atoms with Crippen molar-refractivity contribution >= 4 is 12.4 Å². The van der Waals surface area contributed by atoms with E-state index in [2.05, 4.69) is 0 Å². The molecule has 0 N–H and O–H groups in total. The predicted molar refractivity (Wildman–Crippen MR) is 57.2 cm³/mol. The second kappa shape index (κ2) is 3.31. The van der Waals surface area contributed by atoms with Crippen LogP contribution in [0.1, 0.15) is 19.3 Å². The summed E-state index contributed by atoms with van der Waals surface area (Å²) in [6.07, 6.45) is 3.57. The maximum Gasteiger partial charge on any atom is 0.115 e. The van der Waals surface area contributed by atoms with Gasteiger partial charge in [-0.1, -0.05) is 36.8 Å². The molecule has 1 nitrogen and oxygen atoms in total. The third-order valence-corrected chi connectivity index (χ3v) is 6.27. The van der Waals surface area contributed by atoms with Crippen molar-refractivity contribution < 1.29 is 4.57 Å². The Bertz CT molecular complexity index is 327. The molecule has 1 aliphatic rings. The summed E-state index contributed by atoms with van der Waals surface area (Å²) in [6.45, 7) is 1.94. The van der Waals surface area contributed by atoms with Crippen LogP contribution in [0.3, 0.4) is 0 Å². The van der Waals surface area contributed by atoms with E-state index in [1.165, 1.54) is 6.42 Å². The summed E-state index contributed by atoms with van der Waals surface area (Å²) >= 11 is 0. The molecule has 1 atom stereocenters. The fourth-order valence-electron chi connectivity index (χ4n) is 1.81. The van der Waals surface area contributed by atoms with Gasteiger partial charge in [-0.25, -0.2) is 0 Å². The van der Waals surface area contributed by atoms with Crippen LogP contribution in [-0.2, 0) is 4.57 Å². The van der Waals surface area contributed by atoms with Crippen LogP contribution in [0.15, 0.2) is 30.3 Å². The molecule has 0 amide bonds. The molecule has 0 radical (unpaired) electrons. The summed E-state index contributed by atoms with van der Waals surface area (Å²) in [5.74, 6) is 0. The Labute approximate surface area is 79.5 Å². The van der Waals surface area contributed by atoms with E-state index in [0.717, 1.165) is 18.1 Å². The molecule has 0 heterocycles. The van der Waals surface area contributed by atoms with E-state index in [0.29, 0.717) is 5.66 Å². The lowest BCUT2D eigenvalue weighted by molar-refractivity contribution is 0.483. The van der Waals surface area contributed by atoms with Crippen molar-refractivity contribution in [2.75, 3.05) is 6.66 Å².